The number of hydrogen-bond acceptors (Lipinski definition) is 3. The van der Waals surface area contributed by atoms with Crippen molar-refractivity contribution in [3.63, 3.8) is 0 Å². The van der Waals surface area contributed by atoms with E-state index in [0.717, 1.165) is 30.8 Å². The highest BCUT2D eigenvalue weighted by molar-refractivity contribution is 6.30. The van der Waals surface area contributed by atoms with E-state index >= 15 is 0 Å². The summed E-state index contributed by atoms with van der Waals surface area (Å²) in [5.41, 5.74) is 3.78. The zero-order valence-electron chi connectivity index (χ0n) is 13.6. The number of halogens is 1. The molecule has 4 heteroatoms. The number of hydrogen-bond donors (Lipinski definition) is 1. The van der Waals surface area contributed by atoms with Crippen LogP contribution in [0.5, 0.6) is 11.5 Å². The van der Waals surface area contributed by atoms with Crippen LogP contribution in [0, 0.1) is 0 Å². The van der Waals surface area contributed by atoms with Crippen molar-refractivity contribution in [2.75, 3.05) is 20.7 Å². The first-order valence-corrected chi connectivity index (χ1v) is 8.30. The Balaban J connectivity index is 1.83. The van der Waals surface area contributed by atoms with Crippen molar-refractivity contribution in [2.24, 2.45) is 0 Å². The first-order chi connectivity index (χ1) is 11.1. The molecule has 0 amide bonds. The number of aromatic hydroxyl groups is 1. The molecule has 1 heterocycles. The van der Waals surface area contributed by atoms with Gasteiger partial charge in [-0.3, -0.25) is 4.90 Å². The van der Waals surface area contributed by atoms with Crippen molar-refractivity contribution in [1.29, 1.82) is 0 Å². The maximum Gasteiger partial charge on any atom is 0.160 e. The van der Waals surface area contributed by atoms with Crippen molar-refractivity contribution in [3.05, 3.63) is 58.1 Å². The molecule has 0 fully saturated rings. The lowest BCUT2D eigenvalue weighted by atomic mass is 9.89. The molecule has 2 aromatic rings. The van der Waals surface area contributed by atoms with Crippen molar-refractivity contribution < 1.29 is 9.84 Å². The Hall–Kier alpha value is -1.71. The lowest BCUT2D eigenvalue weighted by molar-refractivity contribution is 0.218. The van der Waals surface area contributed by atoms with Crippen molar-refractivity contribution in [3.8, 4) is 11.5 Å². The molecule has 0 bridgehead atoms. The number of rotatable bonds is 4. The molecule has 122 valence electrons. The fourth-order valence-corrected chi connectivity index (χ4v) is 3.46. The van der Waals surface area contributed by atoms with Gasteiger partial charge in [-0.25, -0.2) is 0 Å². The number of fused-ring (bicyclic) bond motifs is 1. The summed E-state index contributed by atoms with van der Waals surface area (Å²) in [4.78, 5) is 2.38. The van der Waals surface area contributed by atoms with Gasteiger partial charge < -0.3 is 9.84 Å². The number of ether oxygens (including phenoxy) is 1. The number of phenolic OH excluding ortho intramolecular Hbond substituents is 1. The van der Waals surface area contributed by atoms with Gasteiger partial charge in [-0.05, 0) is 67.3 Å². The summed E-state index contributed by atoms with van der Waals surface area (Å²) >= 11 is 5.95. The van der Waals surface area contributed by atoms with Gasteiger partial charge in [0.25, 0.3) is 0 Å². The van der Waals surface area contributed by atoms with E-state index in [-0.39, 0.29) is 5.75 Å². The van der Waals surface area contributed by atoms with Crippen molar-refractivity contribution in [1.82, 2.24) is 4.90 Å². The quantitative estimate of drug-likeness (QED) is 0.910. The topological polar surface area (TPSA) is 32.7 Å². The molecule has 0 spiro atoms. The number of nitrogens with zero attached hydrogens (tertiary/aromatic N) is 1. The molecule has 1 aliphatic heterocycles. The van der Waals surface area contributed by atoms with Gasteiger partial charge in [-0.15, -0.1) is 0 Å². The van der Waals surface area contributed by atoms with Crippen LogP contribution in [0.25, 0.3) is 0 Å². The third-order valence-electron chi connectivity index (χ3n) is 4.69. The summed E-state index contributed by atoms with van der Waals surface area (Å²) in [7, 11) is 3.76. The molecular weight excluding hydrogens is 310 g/mol. The molecule has 1 aliphatic rings. The van der Waals surface area contributed by atoms with Crippen LogP contribution in [0.4, 0.5) is 0 Å². The number of likely N-dealkylation sites (N-methyl/N-ethyl adjacent to an activating group) is 1. The van der Waals surface area contributed by atoms with Crippen molar-refractivity contribution in [2.45, 2.75) is 25.3 Å². The smallest absolute Gasteiger partial charge is 0.160 e. The Bertz CT molecular complexity index is 685. The summed E-state index contributed by atoms with van der Waals surface area (Å²) in [5.74, 6) is 0.780. The van der Waals surface area contributed by atoms with Gasteiger partial charge >= 0.3 is 0 Å². The van der Waals surface area contributed by atoms with E-state index in [9.17, 15) is 5.11 Å². The van der Waals surface area contributed by atoms with Gasteiger partial charge in [0.1, 0.15) is 0 Å². The first-order valence-electron chi connectivity index (χ1n) is 7.93. The SMILES string of the molecule is COc1cc2c(cc1O)CCN(C)[C@H]2CCc1ccc(Cl)cc1. The minimum atomic E-state index is 0.229. The summed E-state index contributed by atoms with van der Waals surface area (Å²) in [6.07, 6.45) is 2.98. The average molecular weight is 332 g/mol. The fourth-order valence-electron chi connectivity index (χ4n) is 3.34. The van der Waals surface area contributed by atoms with Gasteiger partial charge in [0, 0.05) is 17.6 Å². The highest BCUT2D eigenvalue weighted by atomic mass is 35.5. The molecule has 0 aliphatic carbocycles. The standard InChI is InChI=1S/C19H22ClNO2/c1-21-10-9-14-11-18(22)19(23-2)12-16(14)17(21)8-5-13-3-6-15(20)7-4-13/h3-4,6-7,11-12,17,22H,5,8-10H2,1-2H3/t17-/m0/s1. The van der Waals surface area contributed by atoms with Gasteiger partial charge in [0.05, 0.1) is 7.11 Å². The van der Waals surface area contributed by atoms with E-state index < -0.39 is 0 Å². The van der Waals surface area contributed by atoms with E-state index in [1.54, 1.807) is 7.11 Å². The monoisotopic (exact) mass is 331 g/mol. The zero-order valence-corrected chi connectivity index (χ0v) is 14.3. The molecule has 1 atom stereocenters. The second-order valence-corrected chi connectivity index (χ2v) is 6.57. The molecule has 3 nitrogen and oxygen atoms in total. The van der Waals surface area contributed by atoms with Crippen LogP contribution in [0.3, 0.4) is 0 Å². The van der Waals surface area contributed by atoms with Crippen LogP contribution in [-0.2, 0) is 12.8 Å². The fraction of sp³-hybridized carbons (Fsp3) is 0.368. The predicted molar refractivity (Wildman–Crippen MR) is 93.5 cm³/mol. The van der Waals surface area contributed by atoms with E-state index in [0.29, 0.717) is 11.8 Å². The maximum absolute atomic E-state index is 10.0. The molecule has 3 rings (SSSR count). The predicted octanol–water partition coefficient (Wildman–Crippen LogP) is 4.22. The molecule has 0 unspecified atom stereocenters. The maximum atomic E-state index is 10.0. The molecule has 1 N–H and O–H groups in total. The molecule has 0 saturated heterocycles. The highest BCUT2D eigenvalue weighted by Crippen LogP contribution is 2.38. The normalized spacial score (nSPS) is 17.8. The Morgan fingerprint density at radius 3 is 2.70 bits per heavy atom. The Labute approximate surface area is 142 Å². The third-order valence-corrected chi connectivity index (χ3v) is 4.94. The van der Waals surface area contributed by atoms with Crippen LogP contribution < -0.4 is 4.74 Å². The van der Waals surface area contributed by atoms with Gasteiger partial charge in [-0.1, -0.05) is 23.7 Å². The van der Waals surface area contributed by atoms with Crippen LogP contribution in [0.2, 0.25) is 5.02 Å². The van der Waals surface area contributed by atoms with E-state index in [4.69, 9.17) is 16.3 Å². The summed E-state index contributed by atoms with van der Waals surface area (Å²) < 4.78 is 5.29. The molecule has 2 aromatic carbocycles. The average Bonchev–Trinajstić information content (AvgIpc) is 2.55. The lowest BCUT2D eigenvalue weighted by Crippen LogP contribution is -2.32. The Morgan fingerprint density at radius 2 is 2.00 bits per heavy atom. The largest absolute Gasteiger partial charge is 0.504 e. The first kappa shape index (κ1) is 16.2. The second-order valence-electron chi connectivity index (χ2n) is 6.13. The lowest BCUT2D eigenvalue weighted by Gasteiger charge is -2.35. The Kier molecular flexibility index (Phi) is 4.79. The third kappa shape index (κ3) is 3.46. The van der Waals surface area contributed by atoms with E-state index in [2.05, 4.69) is 24.1 Å². The van der Waals surface area contributed by atoms with E-state index in [1.165, 1.54) is 16.7 Å². The minimum absolute atomic E-state index is 0.229. The van der Waals surface area contributed by atoms with Crippen LogP contribution in [0.1, 0.15) is 29.2 Å². The number of methoxy groups -OCH3 is 1. The van der Waals surface area contributed by atoms with Crippen LogP contribution in [-0.4, -0.2) is 30.7 Å². The number of benzene rings is 2. The molecule has 0 radical (unpaired) electrons. The van der Waals surface area contributed by atoms with Gasteiger partial charge in [-0.2, -0.15) is 0 Å². The Morgan fingerprint density at radius 1 is 1.26 bits per heavy atom. The second kappa shape index (κ2) is 6.81. The summed E-state index contributed by atoms with van der Waals surface area (Å²) in [5, 5.41) is 10.8. The molecule has 0 aromatic heterocycles. The van der Waals surface area contributed by atoms with Crippen molar-refractivity contribution >= 4 is 11.6 Å². The molecular formula is C19H22ClNO2. The minimum Gasteiger partial charge on any atom is -0.504 e. The highest BCUT2D eigenvalue weighted by Gasteiger charge is 2.26. The van der Waals surface area contributed by atoms with Gasteiger partial charge in [0.2, 0.25) is 0 Å². The number of aryl methyl sites for hydroxylation is 1. The summed E-state index contributed by atoms with van der Waals surface area (Å²) in [6, 6.07) is 12.2. The van der Waals surface area contributed by atoms with Crippen LogP contribution >= 0.6 is 11.6 Å². The van der Waals surface area contributed by atoms with Gasteiger partial charge in [0.15, 0.2) is 11.5 Å². The molecule has 0 saturated carbocycles. The summed E-state index contributed by atoms with van der Waals surface area (Å²) in [6.45, 7) is 1.00. The zero-order chi connectivity index (χ0) is 16.4. The van der Waals surface area contributed by atoms with Crippen LogP contribution in [0.15, 0.2) is 36.4 Å². The molecule has 23 heavy (non-hydrogen) atoms. The van der Waals surface area contributed by atoms with E-state index in [1.807, 2.05) is 24.3 Å². The number of phenols is 1.